The van der Waals surface area contributed by atoms with Crippen molar-refractivity contribution in [3.8, 4) is 23.0 Å². The third-order valence-electron chi connectivity index (χ3n) is 5.75. The highest BCUT2D eigenvalue weighted by molar-refractivity contribution is 5.91. The Morgan fingerprint density at radius 3 is 2.23 bits per heavy atom. The van der Waals surface area contributed by atoms with Crippen LogP contribution in [0.5, 0.6) is 23.0 Å². The predicted molar refractivity (Wildman–Crippen MR) is 133 cm³/mol. The van der Waals surface area contributed by atoms with Crippen LogP contribution in [0.1, 0.15) is 17.5 Å². The summed E-state index contributed by atoms with van der Waals surface area (Å²) in [5, 5.41) is 5.68. The normalized spacial score (nSPS) is 12.3. The highest BCUT2D eigenvalue weighted by Gasteiger charge is 2.22. The summed E-state index contributed by atoms with van der Waals surface area (Å²) < 4.78 is 16.5. The lowest BCUT2D eigenvalue weighted by Crippen LogP contribution is -2.43. The first kappa shape index (κ1) is 23.9. The Kier molecular flexibility index (Phi) is 7.72. The van der Waals surface area contributed by atoms with Crippen LogP contribution in [0.3, 0.4) is 0 Å². The van der Waals surface area contributed by atoms with Crippen LogP contribution in [0.25, 0.3) is 0 Å². The van der Waals surface area contributed by atoms with E-state index in [0.29, 0.717) is 36.0 Å². The number of fused-ring (bicyclic) bond motifs is 1. The molecule has 0 bridgehead atoms. The molecule has 2 N–H and O–H groups in total. The van der Waals surface area contributed by atoms with E-state index in [-0.39, 0.29) is 24.9 Å². The summed E-state index contributed by atoms with van der Waals surface area (Å²) in [6.45, 7) is 1.32. The van der Waals surface area contributed by atoms with Gasteiger partial charge in [0.2, 0.25) is 5.91 Å². The zero-order chi connectivity index (χ0) is 24.6. The van der Waals surface area contributed by atoms with Crippen molar-refractivity contribution in [2.45, 2.75) is 19.4 Å². The van der Waals surface area contributed by atoms with Crippen molar-refractivity contribution in [1.29, 1.82) is 0 Å². The molecule has 3 aromatic carbocycles. The van der Waals surface area contributed by atoms with Crippen LogP contribution in [0.2, 0.25) is 0 Å². The highest BCUT2D eigenvalue weighted by Crippen LogP contribution is 2.33. The van der Waals surface area contributed by atoms with Gasteiger partial charge in [-0.1, -0.05) is 18.2 Å². The van der Waals surface area contributed by atoms with Gasteiger partial charge >= 0.3 is 6.03 Å². The first-order valence-electron chi connectivity index (χ1n) is 11.4. The second kappa shape index (κ2) is 11.3. The topological polar surface area (TPSA) is 89.1 Å². The number of nitrogens with one attached hydrogen (secondary N) is 2. The van der Waals surface area contributed by atoms with Crippen LogP contribution in [0, 0.1) is 0 Å². The molecule has 35 heavy (non-hydrogen) atoms. The van der Waals surface area contributed by atoms with Crippen molar-refractivity contribution >= 4 is 17.6 Å². The molecule has 182 valence electrons. The van der Waals surface area contributed by atoms with Crippen molar-refractivity contribution in [1.82, 2.24) is 10.2 Å². The molecule has 0 radical (unpaired) electrons. The number of urea groups is 1. The Labute approximate surface area is 204 Å². The summed E-state index contributed by atoms with van der Waals surface area (Å²) in [7, 11) is 3.20. The Hall–Kier alpha value is -4.20. The zero-order valence-corrected chi connectivity index (χ0v) is 19.9. The quantitative estimate of drug-likeness (QED) is 0.497. The Morgan fingerprint density at radius 2 is 1.54 bits per heavy atom. The largest absolute Gasteiger partial charge is 0.493 e. The average Bonchev–Trinajstić information content (AvgIpc) is 2.89. The number of hydrogen-bond acceptors (Lipinski definition) is 5. The number of carbonyl (C=O) groups excluding carboxylic acids is 2. The number of rotatable bonds is 8. The van der Waals surface area contributed by atoms with Gasteiger partial charge in [0.1, 0.15) is 11.5 Å². The molecule has 0 aromatic heterocycles. The lowest BCUT2D eigenvalue weighted by molar-refractivity contribution is -0.116. The molecule has 1 heterocycles. The van der Waals surface area contributed by atoms with Gasteiger partial charge in [-0.25, -0.2) is 4.79 Å². The molecule has 1 aliphatic rings. The van der Waals surface area contributed by atoms with E-state index in [1.54, 1.807) is 43.4 Å². The number of nitrogens with zero attached hydrogens (tertiary/aromatic N) is 1. The summed E-state index contributed by atoms with van der Waals surface area (Å²) in [5.41, 5.74) is 2.84. The zero-order valence-electron chi connectivity index (χ0n) is 19.9. The lowest BCUT2D eigenvalue weighted by atomic mass is 9.99. The van der Waals surface area contributed by atoms with E-state index in [0.717, 1.165) is 23.3 Å². The van der Waals surface area contributed by atoms with Crippen LogP contribution in [0.15, 0.2) is 66.7 Å². The maximum Gasteiger partial charge on any atom is 0.317 e. The fourth-order valence-corrected chi connectivity index (χ4v) is 3.91. The Morgan fingerprint density at radius 1 is 0.886 bits per heavy atom. The van der Waals surface area contributed by atoms with E-state index < -0.39 is 0 Å². The van der Waals surface area contributed by atoms with Gasteiger partial charge in [0, 0.05) is 31.7 Å². The predicted octanol–water partition coefficient (Wildman–Crippen LogP) is 4.59. The summed E-state index contributed by atoms with van der Waals surface area (Å²) in [5.74, 6) is 2.58. The van der Waals surface area contributed by atoms with E-state index >= 15 is 0 Å². The number of carbonyl (C=O) groups is 2. The molecule has 8 nitrogen and oxygen atoms in total. The van der Waals surface area contributed by atoms with E-state index in [9.17, 15) is 9.59 Å². The standard InChI is InChI=1S/C27H29N3O5/c1-33-24-16-19-13-15-30(18-20(19)17-25(24)34-2)27(32)28-14-12-26(31)29-21-8-10-23(11-9-21)35-22-6-4-3-5-7-22/h3-11,16-17H,12-15,18H2,1-2H3,(H,28,32)(H,29,31). The second-order valence-electron chi connectivity index (χ2n) is 8.12. The summed E-state index contributed by atoms with van der Waals surface area (Å²) in [6, 6.07) is 20.3. The van der Waals surface area contributed by atoms with Gasteiger partial charge in [0.05, 0.1) is 14.2 Å². The van der Waals surface area contributed by atoms with Crippen LogP contribution in [-0.2, 0) is 17.8 Å². The van der Waals surface area contributed by atoms with Gasteiger partial charge in [-0.3, -0.25) is 4.79 Å². The second-order valence-corrected chi connectivity index (χ2v) is 8.12. The third kappa shape index (κ3) is 6.23. The number of anilines is 1. The first-order chi connectivity index (χ1) is 17.1. The minimum Gasteiger partial charge on any atom is -0.493 e. The highest BCUT2D eigenvalue weighted by atomic mass is 16.5. The van der Waals surface area contributed by atoms with Crippen LogP contribution in [0.4, 0.5) is 10.5 Å². The summed E-state index contributed by atoms with van der Waals surface area (Å²) in [4.78, 5) is 26.7. The van der Waals surface area contributed by atoms with Crippen molar-refractivity contribution in [2.24, 2.45) is 0 Å². The molecule has 0 spiro atoms. The molecule has 0 atom stereocenters. The SMILES string of the molecule is COc1cc2c(cc1OC)CN(C(=O)NCCC(=O)Nc1ccc(Oc3ccccc3)cc1)CC2. The van der Waals surface area contributed by atoms with Gasteiger partial charge in [0.15, 0.2) is 11.5 Å². The smallest absolute Gasteiger partial charge is 0.317 e. The summed E-state index contributed by atoms with van der Waals surface area (Å²) in [6.07, 6.45) is 0.900. The van der Waals surface area contributed by atoms with E-state index in [1.165, 1.54) is 0 Å². The molecular formula is C27H29N3O5. The van der Waals surface area contributed by atoms with E-state index in [2.05, 4.69) is 10.6 Å². The maximum atomic E-state index is 12.6. The first-order valence-corrected chi connectivity index (χ1v) is 11.4. The molecule has 8 heteroatoms. The monoisotopic (exact) mass is 475 g/mol. The van der Waals surface area contributed by atoms with Gasteiger partial charge in [0.25, 0.3) is 0 Å². The fourth-order valence-electron chi connectivity index (χ4n) is 3.91. The molecule has 1 aliphatic heterocycles. The van der Waals surface area contributed by atoms with Gasteiger partial charge in [-0.05, 0) is 66.1 Å². The molecule has 0 saturated heterocycles. The van der Waals surface area contributed by atoms with E-state index in [4.69, 9.17) is 14.2 Å². The molecule has 4 rings (SSSR count). The molecule has 0 unspecified atom stereocenters. The van der Waals surface area contributed by atoms with Gasteiger partial charge in [-0.2, -0.15) is 0 Å². The average molecular weight is 476 g/mol. The fraction of sp³-hybridized carbons (Fsp3) is 0.259. The Bertz CT molecular complexity index is 1170. The van der Waals surface area contributed by atoms with Crippen LogP contribution in [-0.4, -0.2) is 44.1 Å². The molecule has 0 fully saturated rings. The number of hydrogen-bond donors (Lipinski definition) is 2. The summed E-state index contributed by atoms with van der Waals surface area (Å²) >= 11 is 0. The maximum absolute atomic E-state index is 12.6. The number of ether oxygens (including phenoxy) is 3. The van der Waals surface area contributed by atoms with Crippen molar-refractivity contribution < 1.29 is 23.8 Å². The van der Waals surface area contributed by atoms with Crippen LogP contribution >= 0.6 is 0 Å². The molecular weight excluding hydrogens is 446 g/mol. The molecule has 3 aromatic rings. The number of para-hydroxylation sites is 1. The molecule has 0 saturated carbocycles. The van der Waals surface area contributed by atoms with Gasteiger partial charge in [-0.15, -0.1) is 0 Å². The number of benzene rings is 3. The number of methoxy groups -OCH3 is 2. The Balaban J connectivity index is 1.22. The number of amides is 3. The molecule has 0 aliphatic carbocycles. The minimum absolute atomic E-state index is 0.170. The third-order valence-corrected chi connectivity index (χ3v) is 5.75. The van der Waals surface area contributed by atoms with Crippen molar-refractivity contribution in [2.75, 3.05) is 32.6 Å². The molecule has 3 amide bonds. The van der Waals surface area contributed by atoms with E-state index in [1.807, 2.05) is 42.5 Å². The van der Waals surface area contributed by atoms with Crippen molar-refractivity contribution in [3.05, 3.63) is 77.9 Å². The van der Waals surface area contributed by atoms with Crippen LogP contribution < -0.4 is 24.8 Å². The minimum atomic E-state index is -0.194. The van der Waals surface area contributed by atoms with Gasteiger partial charge < -0.3 is 29.7 Å². The lowest BCUT2D eigenvalue weighted by Gasteiger charge is -2.29. The van der Waals surface area contributed by atoms with Crippen molar-refractivity contribution in [3.63, 3.8) is 0 Å².